The van der Waals surface area contributed by atoms with Crippen LogP contribution in [0.3, 0.4) is 0 Å². The third-order valence-corrected chi connectivity index (χ3v) is 6.42. The van der Waals surface area contributed by atoms with Crippen molar-refractivity contribution in [3.05, 3.63) is 83.6 Å². The molecule has 188 valence electrons. The van der Waals surface area contributed by atoms with Crippen molar-refractivity contribution < 1.29 is 23.7 Å². The number of nitrogens with one attached hydrogen (secondary N) is 2. The van der Waals surface area contributed by atoms with Crippen molar-refractivity contribution in [3.63, 3.8) is 0 Å². The lowest BCUT2D eigenvalue weighted by Gasteiger charge is -2.22. The number of benzene rings is 3. The number of H-pyrrole nitrogens is 1. The molecule has 0 spiro atoms. The fourth-order valence-electron chi connectivity index (χ4n) is 4.59. The predicted molar refractivity (Wildman–Crippen MR) is 141 cm³/mol. The van der Waals surface area contributed by atoms with Gasteiger partial charge in [0, 0.05) is 41.5 Å². The van der Waals surface area contributed by atoms with Gasteiger partial charge in [-0.05, 0) is 47.9 Å². The van der Waals surface area contributed by atoms with E-state index in [1.807, 2.05) is 60.8 Å². The van der Waals surface area contributed by atoms with Crippen LogP contribution in [-0.4, -0.2) is 45.9 Å². The summed E-state index contributed by atoms with van der Waals surface area (Å²) in [4.78, 5) is 16.3. The minimum Gasteiger partial charge on any atom is -0.497 e. The quantitative estimate of drug-likeness (QED) is 0.308. The molecule has 0 aliphatic carbocycles. The summed E-state index contributed by atoms with van der Waals surface area (Å²) in [6, 6.07) is 19.6. The van der Waals surface area contributed by atoms with Crippen molar-refractivity contribution >= 4 is 16.8 Å². The Morgan fingerprint density at radius 3 is 2.42 bits per heavy atom. The fraction of sp³-hybridized carbons (Fsp3) is 0.276. The minimum absolute atomic E-state index is 0.0495. The van der Waals surface area contributed by atoms with E-state index in [-0.39, 0.29) is 11.8 Å². The molecule has 0 fully saturated rings. The van der Waals surface area contributed by atoms with Gasteiger partial charge in [0.1, 0.15) is 11.5 Å². The highest BCUT2D eigenvalue weighted by molar-refractivity contribution is 5.84. The molecule has 7 heteroatoms. The van der Waals surface area contributed by atoms with Gasteiger partial charge in [-0.3, -0.25) is 4.79 Å². The average molecular weight is 489 g/mol. The van der Waals surface area contributed by atoms with E-state index in [9.17, 15) is 4.79 Å². The molecule has 1 aromatic heterocycles. The second-order valence-corrected chi connectivity index (χ2v) is 8.41. The zero-order chi connectivity index (χ0) is 25.5. The molecule has 1 heterocycles. The molecule has 1 atom stereocenters. The summed E-state index contributed by atoms with van der Waals surface area (Å²) in [5, 5.41) is 4.24. The van der Waals surface area contributed by atoms with Crippen LogP contribution in [0.5, 0.6) is 23.0 Å². The Balaban J connectivity index is 1.58. The highest BCUT2D eigenvalue weighted by Crippen LogP contribution is 2.40. The molecule has 0 saturated heterocycles. The fourth-order valence-corrected chi connectivity index (χ4v) is 4.59. The number of para-hydroxylation sites is 2. The number of fused-ring (bicyclic) bond motifs is 1. The number of methoxy groups -OCH3 is 4. The van der Waals surface area contributed by atoms with Gasteiger partial charge >= 0.3 is 0 Å². The number of hydrogen-bond acceptors (Lipinski definition) is 5. The Kier molecular flexibility index (Phi) is 8.00. The van der Waals surface area contributed by atoms with Crippen molar-refractivity contribution in [1.82, 2.24) is 10.3 Å². The van der Waals surface area contributed by atoms with Gasteiger partial charge in [-0.15, -0.1) is 0 Å². The zero-order valence-electron chi connectivity index (χ0n) is 21.1. The van der Waals surface area contributed by atoms with E-state index in [0.29, 0.717) is 30.9 Å². The summed E-state index contributed by atoms with van der Waals surface area (Å²) in [6.45, 7) is 0.402. The van der Waals surface area contributed by atoms with Crippen molar-refractivity contribution in [1.29, 1.82) is 0 Å². The maximum atomic E-state index is 13.0. The maximum Gasteiger partial charge on any atom is 0.220 e. The van der Waals surface area contributed by atoms with Crippen LogP contribution in [-0.2, 0) is 11.2 Å². The number of carbonyl (C=O) groups is 1. The molecule has 0 aliphatic heterocycles. The van der Waals surface area contributed by atoms with E-state index >= 15 is 0 Å². The van der Waals surface area contributed by atoms with Gasteiger partial charge in [0.15, 0.2) is 11.5 Å². The number of aromatic nitrogens is 1. The number of rotatable bonds is 11. The molecule has 4 aromatic rings. The zero-order valence-corrected chi connectivity index (χ0v) is 21.1. The lowest BCUT2D eigenvalue weighted by molar-refractivity contribution is -0.121. The second-order valence-electron chi connectivity index (χ2n) is 8.41. The first-order valence-corrected chi connectivity index (χ1v) is 11.8. The van der Waals surface area contributed by atoms with Gasteiger partial charge in [0.25, 0.3) is 0 Å². The molecule has 3 aromatic carbocycles. The third kappa shape index (κ3) is 5.25. The normalized spacial score (nSPS) is 11.7. The van der Waals surface area contributed by atoms with E-state index < -0.39 is 0 Å². The smallest absolute Gasteiger partial charge is 0.220 e. The number of aromatic amines is 1. The van der Waals surface area contributed by atoms with Gasteiger partial charge in [0.2, 0.25) is 5.91 Å². The number of ether oxygens (including phenoxy) is 4. The van der Waals surface area contributed by atoms with E-state index in [0.717, 1.165) is 39.1 Å². The molecule has 7 nitrogen and oxygen atoms in total. The summed E-state index contributed by atoms with van der Waals surface area (Å²) in [5.74, 6) is 2.58. The first kappa shape index (κ1) is 25.0. The Labute approximate surface area is 211 Å². The number of amides is 1. The van der Waals surface area contributed by atoms with Crippen LogP contribution in [0.2, 0.25) is 0 Å². The molecule has 0 radical (unpaired) electrons. The van der Waals surface area contributed by atoms with Crippen LogP contribution in [0.25, 0.3) is 10.9 Å². The molecular formula is C29H32N2O5. The topological polar surface area (TPSA) is 81.8 Å². The van der Waals surface area contributed by atoms with Crippen molar-refractivity contribution in [2.75, 3.05) is 35.0 Å². The Morgan fingerprint density at radius 1 is 0.861 bits per heavy atom. The molecular weight excluding hydrogens is 456 g/mol. The summed E-state index contributed by atoms with van der Waals surface area (Å²) in [6.07, 6.45) is 2.85. The monoisotopic (exact) mass is 488 g/mol. The number of hydrogen-bond donors (Lipinski definition) is 2. The summed E-state index contributed by atoms with van der Waals surface area (Å²) in [7, 11) is 6.50. The van der Waals surface area contributed by atoms with Gasteiger partial charge in [0.05, 0.1) is 28.4 Å². The van der Waals surface area contributed by atoms with Gasteiger partial charge in [-0.1, -0.05) is 30.3 Å². The molecule has 2 N–H and O–H groups in total. The van der Waals surface area contributed by atoms with E-state index in [2.05, 4.69) is 16.4 Å². The summed E-state index contributed by atoms with van der Waals surface area (Å²) >= 11 is 0. The van der Waals surface area contributed by atoms with Gasteiger partial charge < -0.3 is 29.2 Å². The van der Waals surface area contributed by atoms with Crippen LogP contribution < -0.4 is 24.3 Å². The highest BCUT2D eigenvalue weighted by atomic mass is 16.5. The first-order chi connectivity index (χ1) is 17.6. The Bertz CT molecular complexity index is 1330. The maximum absolute atomic E-state index is 13.0. The molecule has 0 saturated carbocycles. The molecule has 36 heavy (non-hydrogen) atoms. The molecule has 4 rings (SSSR count). The van der Waals surface area contributed by atoms with E-state index in [1.165, 1.54) is 0 Å². The second kappa shape index (κ2) is 11.5. The van der Waals surface area contributed by atoms with Crippen LogP contribution >= 0.6 is 0 Å². The lowest BCUT2D eigenvalue weighted by Crippen LogP contribution is -2.29. The third-order valence-electron chi connectivity index (χ3n) is 6.42. The molecule has 1 unspecified atom stereocenters. The minimum atomic E-state index is -0.151. The molecule has 0 aliphatic rings. The largest absolute Gasteiger partial charge is 0.497 e. The van der Waals surface area contributed by atoms with Crippen LogP contribution in [0.4, 0.5) is 0 Å². The first-order valence-electron chi connectivity index (χ1n) is 11.8. The van der Waals surface area contributed by atoms with Crippen LogP contribution in [0, 0.1) is 0 Å². The van der Waals surface area contributed by atoms with Crippen LogP contribution in [0.1, 0.15) is 29.0 Å². The number of aryl methyl sites for hydroxylation is 1. The highest BCUT2D eigenvalue weighted by Gasteiger charge is 2.24. The molecule has 1 amide bonds. The van der Waals surface area contributed by atoms with Crippen molar-refractivity contribution in [3.8, 4) is 23.0 Å². The van der Waals surface area contributed by atoms with Gasteiger partial charge in [-0.25, -0.2) is 0 Å². The van der Waals surface area contributed by atoms with E-state index in [4.69, 9.17) is 18.9 Å². The standard InChI is InChI=1S/C29H32N2O5/c1-33-20-13-14-26(34-2)19(16-20)12-15-28(32)31-18-24(22-9-7-11-27(35-3)29(22)36-4)23-17-30-25-10-6-5-8-21(23)25/h5-11,13-14,16-17,24,30H,12,15,18H2,1-4H3,(H,31,32). The number of carbonyl (C=O) groups excluding carboxylic acids is 1. The van der Waals surface area contributed by atoms with E-state index in [1.54, 1.807) is 28.4 Å². The summed E-state index contributed by atoms with van der Waals surface area (Å²) in [5.41, 5.74) is 3.98. The molecule has 0 bridgehead atoms. The van der Waals surface area contributed by atoms with Crippen molar-refractivity contribution in [2.45, 2.75) is 18.8 Å². The summed E-state index contributed by atoms with van der Waals surface area (Å²) < 4.78 is 22.1. The van der Waals surface area contributed by atoms with Gasteiger partial charge in [-0.2, -0.15) is 0 Å². The lowest BCUT2D eigenvalue weighted by atomic mass is 9.89. The van der Waals surface area contributed by atoms with Crippen molar-refractivity contribution in [2.24, 2.45) is 0 Å². The SMILES string of the molecule is COc1ccc(OC)c(CCC(=O)NCC(c2cccc(OC)c2OC)c2c[nH]c3ccccc23)c1. The Hall–Kier alpha value is -4.13. The van der Waals surface area contributed by atoms with Crippen LogP contribution in [0.15, 0.2) is 66.9 Å². The Morgan fingerprint density at radius 2 is 1.67 bits per heavy atom. The average Bonchev–Trinajstić information content (AvgIpc) is 3.35. The predicted octanol–water partition coefficient (Wildman–Crippen LogP) is 5.08.